The molecule has 4 heteroatoms. The number of nitrogen functional groups attached to an aromatic ring is 1. The lowest BCUT2D eigenvalue weighted by Gasteiger charge is -1.99. The fourth-order valence-corrected chi connectivity index (χ4v) is 1.36. The van der Waals surface area contributed by atoms with Crippen molar-refractivity contribution in [2.75, 3.05) is 5.73 Å². The van der Waals surface area contributed by atoms with Gasteiger partial charge in [-0.15, -0.1) is 0 Å². The third kappa shape index (κ3) is 1.74. The predicted molar refractivity (Wildman–Crippen MR) is 54.7 cm³/mol. The number of hydrogen-bond acceptors (Lipinski definition) is 3. The zero-order chi connectivity index (χ0) is 9.97. The van der Waals surface area contributed by atoms with E-state index in [1.165, 1.54) is 0 Å². The summed E-state index contributed by atoms with van der Waals surface area (Å²) in [5, 5.41) is 0. The van der Waals surface area contributed by atoms with Crippen LogP contribution in [0.2, 0.25) is 0 Å². The minimum absolute atomic E-state index is 0.554. The summed E-state index contributed by atoms with van der Waals surface area (Å²) in [5.74, 6) is 1.49. The summed E-state index contributed by atoms with van der Waals surface area (Å²) < 4.78 is 1.92. The summed E-state index contributed by atoms with van der Waals surface area (Å²) in [6, 6.07) is 5.84. The maximum Gasteiger partial charge on any atom is 0.141 e. The van der Waals surface area contributed by atoms with Crippen LogP contribution in [0.15, 0.2) is 30.6 Å². The topological polar surface area (TPSA) is 56.7 Å². The van der Waals surface area contributed by atoms with Crippen LogP contribution in [0.3, 0.4) is 0 Å². The van der Waals surface area contributed by atoms with Gasteiger partial charge in [0.2, 0.25) is 0 Å². The van der Waals surface area contributed by atoms with E-state index in [4.69, 9.17) is 5.73 Å². The molecule has 72 valence electrons. The number of imidazole rings is 1. The number of anilines is 1. The van der Waals surface area contributed by atoms with Crippen molar-refractivity contribution in [3.63, 3.8) is 0 Å². The van der Waals surface area contributed by atoms with E-state index in [1.807, 2.05) is 29.8 Å². The van der Waals surface area contributed by atoms with Gasteiger partial charge in [0.15, 0.2) is 0 Å². The molecular formula is C10H12N4. The first-order valence-electron chi connectivity index (χ1n) is 4.43. The number of nitrogens with two attached hydrogens (primary N) is 1. The van der Waals surface area contributed by atoms with Gasteiger partial charge in [0.1, 0.15) is 11.6 Å². The average molecular weight is 188 g/mol. The van der Waals surface area contributed by atoms with Gasteiger partial charge >= 0.3 is 0 Å². The first-order chi connectivity index (χ1) is 6.75. The monoisotopic (exact) mass is 188 g/mol. The largest absolute Gasteiger partial charge is 0.382 e. The molecule has 0 fully saturated rings. The van der Waals surface area contributed by atoms with E-state index >= 15 is 0 Å². The van der Waals surface area contributed by atoms with Crippen molar-refractivity contribution in [3.8, 4) is 0 Å². The van der Waals surface area contributed by atoms with Crippen molar-refractivity contribution in [2.24, 2.45) is 7.05 Å². The predicted octanol–water partition coefficient (Wildman–Crippen LogP) is 0.988. The van der Waals surface area contributed by atoms with E-state index in [9.17, 15) is 0 Å². The van der Waals surface area contributed by atoms with E-state index in [0.29, 0.717) is 12.2 Å². The highest BCUT2D eigenvalue weighted by Gasteiger charge is 2.03. The van der Waals surface area contributed by atoms with Gasteiger partial charge in [0.05, 0.1) is 0 Å². The van der Waals surface area contributed by atoms with Gasteiger partial charge in [-0.2, -0.15) is 0 Å². The molecule has 2 aromatic rings. The second-order valence-electron chi connectivity index (χ2n) is 3.19. The van der Waals surface area contributed by atoms with Crippen LogP contribution in [0.5, 0.6) is 0 Å². The average Bonchev–Trinajstić information content (AvgIpc) is 2.47. The molecule has 0 unspecified atom stereocenters. The van der Waals surface area contributed by atoms with Gasteiger partial charge in [-0.1, -0.05) is 6.07 Å². The Labute approximate surface area is 82.4 Å². The Bertz CT molecular complexity index is 419. The Hall–Kier alpha value is -1.84. The van der Waals surface area contributed by atoms with Crippen LogP contribution in [0.4, 0.5) is 5.82 Å². The third-order valence-corrected chi connectivity index (χ3v) is 2.06. The molecule has 0 atom stereocenters. The number of aryl methyl sites for hydroxylation is 1. The molecule has 2 aromatic heterocycles. The molecule has 0 bridgehead atoms. The van der Waals surface area contributed by atoms with E-state index in [0.717, 1.165) is 11.5 Å². The van der Waals surface area contributed by atoms with Crippen molar-refractivity contribution in [1.29, 1.82) is 0 Å². The third-order valence-electron chi connectivity index (χ3n) is 2.06. The lowest BCUT2D eigenvalue weighted by molar-refractivity contribution is 0.811. The number of nitrogens with zero attached hydrogens (tertiary/aromatic N) is 3. The first-order valence-corrected chi connectivity index (χ1v) is 4.43. The standard InChI is InChI=1S/C10H12N4/c1-14-7-9(11)13-10(14)6-8-4-2-3-5-12-8/h2-5,7H,6,11H2,1H3. The van der Waals surface area contributed by atoms with Crippen molar-refractivity contribution in [3.05, 3.63) is 42.1 Å². The smallest absolute Gasteiger partial charge is 0.141 e. The first kappa shape index (κ1) is 8.74. The molecule has 4 nitrogen and oxygen atoms in total. The Morgan fingerprint density at radius 2 is 2.29 bits per heavy atom. The van der Waals surface area contributed by atoms with E-state index in [-0.39, 0.29) is 0 Å². The zero-order valence-corrected chi connectivity index (χ0v) is 8.01. The van der Waals surface area contributed by atoms with E-state index < -0.39 is 0 Å². The SMILES string of the molecule is Cn1cc(N)nc1Cc1ccccn1. The maximum absolute atomic E-state index is 5.58. The van der Waals surface area contributed by atoms with Crippen LogP contribution in [0.25, 0.3) is 0 Å². The second kappa shape index (κ2) is 3.49. The van der Waals surface area contributed by atoms with Crippen LogP contribution < -0.4 is 5.73 Å². The van der Waals surface area contributed by atoms with Crippen molar-refractivity contribution in [2.45, 2.75) is 6.42 Å². The summed E-state index contributed by atoms with van der Waals surface area (Å²) in [4.78, 5) is 8.44. The van der Waals surface area contributed by atoms with E-state index in [1.54, 1.807) is 12.4 Å². The molecule has 0 spiro atoms. The molecule has 0 aliphatic heterocycles. The lowest BCUT2D eigenvalue weighted by Crippen LogP contribution is -1.99. The molecule has 0 saturated carbocycles. The fourth-order valence-electron chi connectivity index (χ4n) is 1.36. The molecule has 0 aliphatic rings. The summed E-state index contributed by atoms with van der Waals surface area (Å²) in [6.45, 7) is 0. The molecule has 0 aliphatic carbocycles. The molecule has 0 amide bonds. The normalized spacial score (nSPS) is 10.4. The molecule has 2 rings (SSSR count). The fraction of sp³-hybridized carbons (Fsp3) is 0.200. The Morgan fingerprint density at radius 3 is 2.86 bits per heavy atom. The zero-order valence-electron chi connectivity index (χ0n) is 8.01. The highest BCUT2D eigenvalue weighted by atomic mass is 15.1. The molecular weight excluding hydrogens is 176 g/mol. The minimum Gasteiger partial charge on any atom is -0.382 e. The van der Waals surface area contributed by atoms with Gasteiger partial charge < -0.3 is 10.3 Å². The molecule has 0 aromatic carbocycles. The molecule has 0 saturated heterocycles. The van der Waals surface area contributed by atoms with Crippen molar-refractivity contribution in [1.82, 2.24) is 14.5 Å². The van der Waals surface area contributed by atoms with Gasteiger partial charge in [-0.05, 0) is 12.1 Å². The number of rotatable bonds is 2. The van der Waals surface area contributed by atoms with Crippen molar-refractivity contribution < 1.29 is 0 Å². The van der Waals surface area contributed by atoms with Crippen LogP contribution >= 0.6 is 0 Å². The molecule has 2 heterocycles. The van der Waals surface area contributed by atoms with Crippen LogP contribution in [0.1, 0.15) is 11.5 Å². The number of aromatic nitrogens is 3. The molecule has 2 N–H and O–H groups in total. The summed E-state index contributed by atoms with van der Waals surface area (Å²) in [6.07, 6.45) is 4.30. The van der Waals surface area contributed by atoms with Crippen LogP contribution in [-0.2, 0) is 13.5 Å². The Balaban J connectivity index is 2.23. The van der Waals surface area contributed by atoms with Crippen LogP contribution in [0, 0.1) is 0 Å². The minimum atomic E-state index is 0.554. The lowest BCUT2D eigenvalue weighted by atomic mass is 10.2. The van der Waals surface area contributed by atoms with Crippen molar-refractivity contribution >= 4 is 5.82 Å². The van der Waals surface area contributed by atoms with Gasteiger partial charge in [0.25, 0.3) is 0 Å². The highest BCUT2D eigenvalue weighted by Crippen LogP contribution is 2.07. The highest BCUT2D eigenvalue weighted by molar-refractivity contribution is 5.27. The maximum atomic E-state index is 5.58. The van der Waals surface area contributed by atoms with Gasteiger partial charge in [0, 0.05) is 31.6 Å². The molecule has 14 heavy (non-hydrogen) atoms. The summed E-state index contributed by atoms with van der Waals surface area (Å²) in [5.41, 5.74) is 6.58. The van der Waals surface area contributed by atoms with Gasteiger partial charge in [-0.25, -0.2) is 4.98 Å². The number of pyridine rings is 1. The quantitative estimate of drug-likeness (QED) is 0.764. The summed E-state index contributed by atoms with van der Waals surface area (Å²) >= 11 is 0. The summed E-state index contributed by atoms with van der Waals surface area (Å²) in [7, 11) is 1.93. The van der Waals surface area contributed by atoms with Crippen LogP contribution in [-0.4, -0.2) is 14.5 Å². The second-order valence-corrected chi connectivity index (χ2v) is 3.19. The molecule has 0 radical (unpaired) electrons. The van der Waals surface area contributed by atoms with Gasteiger partial charge in [-0.3, -0.25) is 4.98 Å². The Kier molecular flexibility index (Phi) is 2.18. The number of hydrogen-bond donors (Lipinski definition) is 1. The Morgan fingerprint density at radius 1 is 1.43 bits per heavy atom. The van der Waals surface area contributed by atoms with E-state index in [2.05, 4.69) is 9.97 Å².